The largest absolute Gasteiger partial charge is 0.380 e. The van der Waals surface area contributed by atoms with Gasteiger partial charge in [-0.05, 0) is 17.0 Å². The van der Waals surface area contributed by atoms with Crippen molar-refractivity contribution in [3.63, 3.8) is 0 Å². The van der Waals surface area contributed by atoms with E-state index in [0.717, 1.165) is 6.54 Å². The average Bonchev–Trinajstić information content (AvgIpc) is 2.36. The first-order valence-electron chi connectivity index (χ1n) is 7.05. The van der Waals surface area contributed by atoms with Crippen LogP contribution < -0.4 is 5.32 Å². The van der Waals surface area contributed by atoms with Crippen molar-refractivity contribution in [2.45, 2.75) is 40.3 Å². The minimum atomic E-state index is 0.511. The Morgan fingerprint density at radius 2 is 1.89 bits per heavy atom. The van der Waals surface area contributed by atoms with Gasteiger partial charge < -0.3 is 10.1 Å². The van der Waals surface area contributed by atoms with Gasteiger partial charge in [-0.1, -0.05) is 63.6 Å². The van der Waals surface area contributed by atoms with Crippen LogP contribution >= 0.6 is 0 Å². The molecular weight excluding hydrogens is 234 g/mol. The number of hydrogen-bond acceptors (Lipinski definition) is 2. The molecule has 0 amide bonds. The lowest BCUT2D eigenvalue weighted by atomic mass is 9.98. The summed E-state index contributed by atoms with van der Waals surface area (Å²) in [7, 11) is 1.74. The van der Waals surface area contributed by atoms with Gasteiger partial charge in [0.1, 0.15) is 0 Å². The van der Waals surface area contributed by atoms with E-state index in [0.29, 0.717) is 18.6 Å². The predicted octanol–water partition coefficient (Wildman–Crippen LogP) is 3.87. The van der Waals surface area contributed by atoms with Gasteiger partial charge in [-0.25, -0.2) is 0 Å². The summed E-state index contributed by atoms with van der Waals surface area (Å²) in [4.78, 5) is 0. The molecule has 0 unspecified atom stereocenters. The summed E-state index contributed by atoms with van der Waals surface area (Å²) < 4.78 is 5.26. The van der Waals surface area contributed by atoms with E-state index < -0.39 is 0 Å². The SMILES string of the molecule is COCc1ccccc1C=C(CNC(C)C)C(C)C. The minimum absolute atomic E-state index is 0.511. The molecule has 0 atom stereocenters. The maximum Gasteiger partial charge on any atom is 0.0718 e. The fraction of sp³-hybridized carbons (Fsp3) is 0.529. The maximum absolute atomic E-state index is 5.26. The van der Waals surface area contributed by atoms with Crippen molar-refractivity contribution in [1.82, 2.24) is 5.32 Å². The molecule has 0 aliphatic rings. The zero-order chi connectivity index (χ0) is 14.3. The molecule has 19 heavy (non-hydrogen) atoms. The molecule has 0 saturated heterocycles. The van der Waals surface area contributed by atoms with E-state index in [-0.39, 0.29) is 0 Å². The van der Waals surface area contributed by atoms with E-state index in [1.165, 1.54) is 16.7 Å². The molecule has 0 radical (unpaired) electrons. The van der Waals surface area contributed by atoms with Gasteiger partial charge in [0, 0.05) is 19.7 Å². The molecule has 1 rings (SSSR count). The molecule has 1 aromatic carbocycles. The van der Waals surface area contributed by atoms with E-state index in [9.17, 15) is 0 Å². The summed E-state index contributed by atoms with van der Waals surface area (Å²) in [6.07, 6.45) is 2.30. The molecule has 106 valence electrons. The van der Waals surface area contributed by atoms with Crippen LogP contribution in [0.25, 0.3) is 6.08 Å². The third-order valence-electron chi connectivity index (χ3n) is 3.15. The smallest absolute Gasteiger partial charge is 0.0718 e. The summed E-state index contributed by atoms with van der Waals surface area (Å²) in [5, 5.41) is 3.50. The summed E-state index contributed by atoms with van der Waals surface area (Å²) in [5.41, 5.74) is 3.93. The third kappa shape index (κ3) is 5.58. The molecule has 0 aromatic heterocycles. The molecule has 2 nitrogen and oxygen atoms in total. The van der Waals surface area contributed by atoms with Crippen molar-refractivity contribution in [2.75, 3.05) is 13.7 Å². The summed E-state index contributed by atoms with van der Waals surface area (Å²) in [5.74, 6) is 0.543. The minimum Gasteiger partial charge on any atom is -0.380 e. The highest BCUT2D eigenvalue weighted by Crippen LogP contribution is 2.18. The molecule has 1 N–H and O–H groups in total. The molecular formula is C17H27NO. The molecule has 0 aliphatic heterocycles. The van der Waals surface area contributed by atoms with E-state index in [2.05, 4.69) is 63.4 Å². The Morgan fingerprint density at radius 3 is 2.47 bits per heavy atom. The van der Waals surface area contributed by atoms with Gasteiger partial charge in [-0.3, -0.25) is 0 Å². The molecule has 0 aliphatic carbocycles. The van der Waals surface area contributed by atoms with Crippen LogP contribution in [0.4, 0.5) is 0 Å². The highest BCUT2D eigenvalue weighted by Gasteiger charge is 2.06. The summed E-state index contributed by atoms with van der Waals surface area (Å²) in [6.45, 7) is 10.4. The lowest BCUT2D eigenvalue weighted by molar-refractivity contribution is 0.184. The van der Waals surface area contributed by atoms with E-state index in [1.54, 1.807) is 7.11 Å². The number of nitrogens with one attached hydrogen (secondary N) is 1. The zero-order valence-corrected chi connectivity index (χ0v) is 12.9. The Kier molecular flexibility index (Phi) is 6.82. The van der Waals surface area contributed by atoms with Crippen molar-refractivity contribution in [3.05, 3.63) is 41.0 Å². The second kappa shape index (κ2) is 8.13. The molecule has 2 heteroatoms. The standard InChI is InChI=1S/C17H27NO/c1-13(2)17(11-18-14(3)4)10-15-8-6-7-9-16(15)12-19-5/h6-10,13-14,18H,11-12H2,1-5H3. The van der Waals surface area contributed by atoms with Crippen molar-refractivity contribution in [2.24, 2.45) is 5.92 Å². The van der Waals surface area contributed by atoms with E-state index in [4.69, 9.17) is 4.74 Å². The number of ether oxygens (including phenoxy) is 1. The highest BCUT2D eigenvalue weighted by molar-refractivity contribution is 5.57. The Morgan fingerprint density at radius 1 is 1.21 bits per heavy atom. The topological polar surface area (TPSA) is 21.3 Å². The normalized spacial score (nSPS) is 12.5. The lowest BCUT2D eigenvalue weighted by Crippen LogP contribution is -2.26. The van der Waals surface area contributed by atoms with Gasteiger partial charge in [0.25, 0.3) is 0 Å². The number of hydrogen-bond donors (Lipinski definition) is 1. The second-order valence-electron chi connectivity index (χ2n) is 5.54. The lowest BCUT2D eigenvalue weighted by Gasteiger charge is -2.16. The Bertz CT molecular complexity index is 407. The van der Waals surface area contributed by atoms with Crippen LogP contribution in [0.1, 0.15) is 38.8 Å². The third-order valence-corrected chi connectivity index (χ3v) is 3.15. The molecule has 0 heterocycles. The Labute approximate surface area is 117 Å². The van der Waals surface area contributed by atoms with Crippen molar-refractivity contribution < 1.29 is 4.74 Å². The fourth-order valence-corrected chi connectivity index (χ4v) is 1.91. The average molecular weight is 261 g/mol. The van der Waals surface area contributed by atoms with Gasteiger partial charge >= 0.3 is 0 Å². The van der Waals surface area contributed by atoms with Crippen molar-refractivity contribution >= 4 is 6.08 Å². The van der Waals surface area contributed by atoms with Crippen LogP contribution in [0.15, 0.2) is 29.8 Å². The first-order chi connectivity index (χ1) is 9.04. The summed E-state index contributed by atoms with van der Waals surface area (Å²) in [6, 6.07) is 8.94. The number of methoxy groups -OCH3 is 1. The van der Waals surface area contributed by atoms with Crippen LogP contribution in [-0.4, -0.2) is 19.7 Å². The Hall–Kier alpha value is -1.12. The maximum atomic E-state index is 5.26. The highest BCUT2D eigenvalue weighted by atomic mass is 16.5. The van der Waals surface area contributed by atoms with Crippen LogP contribution in [0.5, 0.6) is 0 Å². The van der Waals surface area contributed by atoms with Crippen LogP contribution in [-0.2, 0) is 11.3 Å². The van der Waals surface area contributed by atoms with Gasteiger partial charge in [0.15, 0.2) is 0 Å². The van der Waals surface area contributed by atoms with Crippen LogP contribution in [0, 0.1) is 5.92 Å². The molecule has 1 aromatic rings. The summed E-state index contributed by atoms with van der Waals surface area (Å²) >= 11 is 0. The number of benzene rings is 1. The molecule has 0 saturated carbocycles. The fourth-order valence-electron chi connectivity index (χ4n) is 1.91. The van der Waals surface area contributed by atoms with Gasteiger partial charge in [0.2, 0.25) is 0 Å². The first kappa shape index (κ1) is 15.9. The second-order valence-corrected chi connectivity index (χ2v) is 5.54. The predicted molar refractivity (Wildman–Crippen MR) is 83.1 cm³/mol. The quantitative estimate of drug-likeness (QED) is 0.804. The zero-order valence-electron chi connectivity index (χ0n) is 12.9. The monoisotopic (exact) mass is 261 g/mol. The van der Waals surface area contributed by atoms with Crippen molar-refractivity contribution in [3.8, 4) is 0 Å². The van der Waals surface area contributed by atoms with Crippen molar-refractivity contribution in [1.29, 1.82) is 0 Å². The van der Waals surface area contributed by atoms with Gasteiger partial charge in [0.05, 0.1) is 6.61 Å². The number of rotatable bonds is 7. The molecule has 0 bridgehead atoms. The van der Waals surface area contributed by atoms with Crippen LogP contribution in [0.2, 0.25) is 0 Å². The molecule has 0 spiro atoms. The van der Waals surface area contributed by atoms with Crippen LogP contribution in [0.3, 0.4) is 0 Å². The van der Waals surface area contributed by atoms with E-state index in [1.807, 2.05) is 0 Å². The van der Waals surface area contributed by atoms with Gasteiger partial charge in [-0.15, -0.1) is 0 Å². The molecule has 0 fully saturated rings. The van der Waals surface area contributed by atoms with E-state index >= 15 is 0 Å². The Balaban J connectivity index is 2.94. The van der Waals surface area contributed by atoms with Gasteiger partial charge in [-0.2, -0.15) is 0 Å². The first-order valence-corrected chi connectivity index (χ1v) is 7.05.